The standard InChI is InChI=1S/C21H28N2O6S2/c1-6-15-13-16(21(25)29-9-4)20(30-15)22-19(24)14-10-11-17(28-5)18(12-14)31(26,27)23(7-2)8-3/h10-13H,6-9H2,1-5H3,(H,22,24). The Kier molecular flexibility index (Phi) is 8.60. The van der Waals surface area contributed by atoms with Gasteiger partial charge in [-0.3, -0.25) is 4.79 Å². The number of thiophene rings is 1. The summed E-state index contributed by atoms with van der Waals surface area (Å²) in [5.74, 6) is -0.901. The summed E-state index contributed by atoms with van der Waals surface area (Å²) in [6.45, 7) is 7.92. The molecule has 1 aromatic heterocycles. The van der Waals surface area contributed by atoms with E-state index < -0.39 is 21.9 Å². The fourth-order valence-electron chi connectivity index (χ4n) is 2.97. The molecule has 0 unspecified atom stereocenters. The maximum absolute atomic E-state index is 13.0. The number of anilines is 1. The van der Waals surface area contributed by atoms with Gasteiger partial charge in [-0.2, -0.15) is 4.31 Å². The molecule has 0 aliphatic heterocycles. The van der Waals surface area contributed by atoms with Gasteiger partial charge >= 0.3 is 5.97 Å². The Bertz CT molecular complexity index is 1040. The smallest absolute Gasteiger partial charge is 0.341 e. The Labute approximate surface area is 187 Å². The van der Waals surface area contributed by atoms with E-state index in [0.717, 1.165) is 4.88 Å². The van der Waals surface area contributed by atoms with Crippen molar-refractivity contribution in [3.8, 4) is 5.75 Å². The van der Waals surface area contributed by atoms with Crippen molar-refractivity contribution in [1.29, 1.82) is 0 Å². The predicted octanol–water partition coefficient (Wildman–Crippen LogP) is 3.78. The van der Waals surface area contributed by atoms with Gasteiger partial charge < -0.3 is 14.8 Å². The highest BCUT2D eigenvalue weighted by Gasteiger charge is 2.27. The third kappa shape index (κ3) is 5.44. The molecule has 0 aliphatic rings. The van der Waals surface area contributed by atoms with Crippen molar-refractivity contribution in [1.82, 2.24) is 4.31 Å². The van der Waals surface area contributed by atoms with Crippen LogP contribution in [0.3, 0.4) is 0 Å². The summed E-state index contributed by atoms with van der Waals surface area (Å²) in [7, 11) is -2.47. The lowest BCUT2D eigenvalue weighted by molar-refractivity contribution is 0.0528. The molecule has 1 N–H and O–H groups in total. The lowest BCUT2D eigenvalue weighted by Gasteiger charge is -2.20. The molecule has 1 heterocycles. The molecular formula is C21H28N2O6S2. The number of carbonyl (C=O) groups is 2. The van der Waals surface area contributed by atoms with Crippen molar-refractivity contribution in [3.05, 3.63) is 40.3 Å². The number of rotatable bonds is 10. The average Bonchev–Trinajstić information content (AvgIpc) is 3.17. The van der Waals surface area contributed by atoms with E-state index in [1.54, 1.807) is 26.8 Å². The largest absolute Gasteiger partial charge is 0.495 e. The van der Waals surface area contributed by atoms with E-state index in [2.05, 4.69) is 5.32 Å². The van der Waals surface area contributed by atoms with Gasteiger partial charge in [0, 0.05) is 23.5 Å². The highest BCUT2D eigenvalue weighted by molar-refractivity contribution is 7.89. The fraction of sp³-hybridized carbons (Fsp3) is 0.429. The van der Waals surface area contributed by atoms with Gasteiger partial charge in [0.25, 0.3) is 5.91 Å². The number of methoxy groups -OCH3 is 1. The van der Waals surface area contributed by atoms with Crippen LogP contribution in [0.2, 0.25) is 0 Å². The molecule has 0 atom stereocenters. The number of sulfonamides is 1. The number of nitrogens with zero attached hydrogens (tertiary/aromatic N) is 1. The molecule has 0 fully saturated rings. The minimum Gasteiger partial charge on any atom is -0.495 e. The monoisotopic (exact) mass is 468 g/mol. The number of esters is 1. The number of ether oxygens (including phenoxy) is 2. The highest BCUT2D eigenvalue weighted by Crippen LogP contribution is 2.31. The first-order valence-electron chi connectivity index (χ1n) is 10.0. The van der Waals surface area contributed by atoms with E-state index in [1.165, 1.54) is 41.0 Å². The van der Waals surface area contributed by atoms with E-state index in [4.69, 9.17) is 9.47 Å². The molecule has 2 aromatic rings. The molecule has 1 amide bonds. The van der Waals surface area contributed by atoms with E-state index in [-0.39, 0.29) is 41.5 Å². The predicted molar refractivity (Wildman–Crippen MR) is 121 cm³/mol. The third-order valence-electron chi connectivity index (χ3n) is 4.60. The zero-order valence-electron chi connectivity index (χ0n) is 18.4. The molecule has 0 radical (unpaired) electrons. The zero-order chi connectivity index (χ0) is 23.2. The summed E-state index contributed by atoms with van der Waals surface area (Å²) in [6.07, 6.45) is 0.696. The quantitative estimate of drug-likeness (QED) is 0.533. The maximum Gasteiger partial charge on any atom is 0.341 e. The summed E-state index contributed by atoms with van der Waals surface area (Å²) in [5, 5.41) is 3.09. The molecule has 10 heteroatoms. The van der Waals surface area contributed by atoms with Crippen LogP contribution in [0.15, 0.2) is 29.2 Å². The van der Waals surface area contributed by atoms with E-state index in [0.29, 0.717) is 11.4 Å². The SMILES string of the molecule is CCOC(=O)c1cc(CC)sc1NC(=O)c1ccc(OC)c(S(=O)(=O)N(CC)CC)c1. The van der Waals surface area contributed by atoms with Crippen LogP contribution in [0.25, 0.3) is 0 Å². The third-order valence-corrected chi connectivity index (χ3v) is 7.87. The Morgan fingerprint density at radius 1 is 1.10 bits per heavy atom. The van der Waals surface area contributed by atoms with Crippen LogP contribution in [0.5, 0.6) is 5.75 Å². The second kappa shape index (κ2) is 10.7. The number of carbonyl (C=O) groups excluding carboxylic acids is 2. The number of hydrogen-bond donors (Lipinski definition) is 1. The van der Waals surface area contributed by atoms with Gasteiger partial charge in [-0.05, 0) is 37.6 Å². The average molecular weight is 469 g/mol. The van der Waals surface area contributed by atoms with Gasteiger partial charge in [-0.25, -0.2) is 13.2 Å². The molecule has 0 bridgehead atoms. The normalized spacial score (nSPS) is 11.4. The van der Waals surface area contributed by atoms with Crippen LogP contribution in [0, 0.1) is 0 Å². The molecule has 8 nitrogen and oxygen atoms in total. The van der Waals surface area contributed by atoms with Crippen LogP contribution in [0.1, 0.15) is 53.3 Å². The molecule has 1 aromatic carbocycles. The summed E-state index contributed by atoms with van der Waals surface area (Å²) < 4.78 is 37.6. The lowest BCUT2D eigenvalue weighted by atomic mass is 10.2. The summed E-state index contributed by atoms with van der Waals surface area (Å²) in [6, 6.07) is 5.92. The van der Waals surface area contributed by atoms with Gasteiger partial charge in [-0.15, -0.1) is 11.3 Å². The lowest BCUT2D eigenvalue weighted by Crippen LogP contribution is -2.31. The van der Waals surface area contributed by atoms with Crippen LogP contribution >= 0.6 is 11.3 Å². The number of amides is 1. The molecule has 31 heavy (non-hydrogen) atoms. The van der Waals surface area contributed by atoms with Crippen LogP contribution in [-0.4, -0.2) is 51.4 Å². The Morgan fingerprint density at radius 3 is 2.32 bits per heavy atom. The first kappa shape index (κ1) is 24.8. The van der Waals surface area contributed by atoms with Crippen LogP contribution < -0.4 is 10.1 Å². The number of aryl methyl sites for hydroxylation is 1. The Balaban J connectivity index is 2.44. The molecule has 0 saturated heterocycles. The highest BCUT2D eigenvalue weighted by atomic mass is 32.2. The molecule has 170 valence electrons. The van der Waals surface area contributed by atoms with E-state index in [1.807, 2.05) is 6.92 Å². The molecule has 0 spiro atoms. The molecule has 2 rings (SSSR count). The first-order chi connectivity index (χ1) is 14.7. The van der Waals surface area contributed by atoms with Crippen molar-refractivity contribution in [2.24, 2.45) is 0 Å². The number of nitrogens with one attached hydrogen (secondary N) is 1. The minimum atomic E-state index is -3.84. The maximum atomic E-state index is 13.0. The number of benzene rings is 1. The summed E-state index contributed by atoms with van der Waals surface area (Å²) in [5.41, 5.74) is 0.411. The van der Waals surface area contributed by atoms with Gasteiger partial charge in [-0.1, -0.05) is 20.8 Å². The van der Waals surface area contributed by atoms with Crippen molar-refractivity contribution in [2.75, 3.05) is 32.1 Å². The Morgan fingerprint density at radius 2 is 1.77 bits per heavy atom. The second-order valence-electron chi connectivity index (χ2n) is 6.44. The van der Waals surface area contributed by atoms with Gasteiger partial charge in [0.15, 0.2) is 0 Å². The minimum absolute atomic E-state index is 0.0857. The molecular weight excluding hydrogens is 440 g/mol. The molecule has 0 aliphatic carbocycles. The van der Waals surface area contributed by atoms with Crippen molar-refractivity contribution < 1.29 is 27.5 Å². The number of hydrogen-bond acceptors (Lipinski definition) is 7. The van der Waals surface area contributed by atoms with Crippen molar-refractivity contribution in [2.45, 2.75) is 39.0 Å². The molecule has 0 saturated carbocycles. The van der Waals surface area contributed by atoms with Crippen molar-refractivity contribution >= 4 is 38.2 Å². The van der Waals surface area contributed by atoms with Crippen LogP contribution in [0.4, 0.5) is 5.00 Å². The van der Waals surface area contributed by atoms with Gasteiger partial charge in [0.1, 0.15) is 15.6 Å². The topological polar surface area (TPSA) is 102 Å². The van der Waals surface area contributed by atoms with Gasteiger partial charge in [0.05, 0.1) is 19.3 Å². The van der Waals surface area contributed by atoms with E-state index >= 15 is 0 Å². The van der Waals surface area contributed by atoms with E-state index in [9.17, 15) is 18.0 Å². The first-order valence-corrected chi connectivity index (χ1v) is 12.3. The summed E-state index contributed by atoms with van der Waals surface area (Å²) >= 11 is 1.28. The van der Waals surface area contributed by atoms with Gasteiger partial charge in [0.2, 0.25) is 10.0 Å². The second-order valence-corrected chi connectivity index (χ2v) is 9.48. The summed E-state index contributed by atoms with van der Waals surface area (Å²) in [4.78, 5) is 26.0. The Hall–Kier alpha value is -2.43. The van der Waals surface area contributed by atoms with Crippen LogP contribution in [-0.2, 0) is 21.2 Å². The fourth-order valence-corrected chi connectivity index (χ4v) is 5.59. The zero-order valence-corrected chi connectivity index (χ0v) is 20.0. The van der Waals surface area contributed by atoms with Crippen molar-refractivity contribution in [3.63, 3.8) is 0 Å².